The quantitative estimate of drug-likeness (QED) is 0.765. The number of alkyl halides is 3. The highest BCUT2D eigenvalue weighted by atomic mass is 19.4. The first kappa shape index (κ1) is 15.8. The van der Waals surface area contributed by atoms with Crippen molar-refractivity contribution >= 4 is 5.69 Å². The van der Waals surface area contributed by atoms with E-state index in [2.05, 4.69) is 12.2 Å². The van der Waals surface area contributed by atoms with Crippen LogP contribution < -0.4 is 10.2 Å². The van der Waals surface area contributed by atoms with Gasteiger partial charge >= 0.3 is 6.18 Å². The molecule has 0 radical (unpaired) electrons. The van der Waals surface area contributed by atoms with Crippen LogP contribution in [0.15, 0.2) is 24.3 Å². The second-order valence-electron chi connectivity index (χ2n) is 4.43. The van der Waals surface area contributed by atoms with E-state index in [9.17, 15) is 13.2 Å². The van der Waals surface area contributed by atoms with Crippen molar-refractivity contribution < 1.29 is 13.2 Å². The van der Waals surface area contributed by atoms with E-state index >= 15 is 0 Å². The molecule has 0 aliphatic carbocycles. The van der Waals surface area contributed by atoms with Crippen molar-refractivity contribution in [1.82, 2.24) is 5.32 Å². The lowest BCUT2D eigenvalue weighted by Crippen LogP contribution is -2.35. The van der Waals surface area contributed by atoms with Gasteiger partial charge in [0.2, 0.25) is 0 Å². The Labute approximate surface area is 112 Å². The van der Waals surface area contributed by atoms with Crippen molar-refractivity contribution in [2.75, 3.05) is 24.5 Å². The van der Waals surface area contributed by atoms with E-state index in [0.717, 1.165) is 18.5 Å². The minimum absolute atomic E-state index is 0.338. The molecule has 0 atom stereocenters. The molecule has 0 spiro atoms. The van der Waals surface area contributed by atoms with Crippen LogP contribution in [-0.2, 0) is 6.54 Å². The molecule has 0 bridgehead atoms. The lowest BCUT2D eigenvalue weighted by Gasteiger charge is -2.26. The normalized spacial score (nSPS) is 11.6. The third kappa shape index (κ3) is 5.51. The number of hydrogen-bond acceptors (Lipinski definition) is 2. The number of hydrogen-bond donors (Lipinski definition) is 1. The van der Waals surface area contributed by atoms with Crippen LogP contribution in [0.5, 0.6) is 0 Å². The van der Waals surface area contributed by atoms with E-state index < -0.39 is 12.7 Å². The lowest BCUT2D eigenvalue weighted by atomic mass is 10.1. The van der Waals surface area contributed by atoms with Gasteiger partial charge < -0.3 is 10.2 Å². The van der Waals surface area contributed by atoms with Gasteiger partial charge in [-0.2, -0.15) is 13.2 Å². The second kappa shape index (κ2) is 7.38. The van der Waals surface area contributed by atoms with Crippen LogP contribution in [0.1, 0.15) is 25.8 Å². The summed E-state index contributed by atoms with van der Waals surface area (Å²) in [6, 6.07) is 7.25. The summed E-state index contributed by atoms with van der Waals surface area (Å²) in [4.78, 5) is 1.36. The molecule has 0 unspecified atom stereocenters. The van der Waals surface area contributed by atoms with Crippen LogP contribution in [-0.4, -0.2) is 25.8 Å². The van der Waals surface area contributed by atoms with Gasteiger partial charge in [-0.3, -0.25) is 0 Å². The highest BCUT2D eigenvalue weighted by Gasteiger charge is 2.30. The second-order valence-corrected chi connectivity index (χ2v) is 4.43. The van der Waals surface area contributed by atoms with Crippen LogP contribution in [0.2, 0.25) is 0 Å². The molecule has 108 valence electrons. The molecule has 0 amide bonds. The van der Waals surface area contributed by atoms with Crippen LogP contribution in [0.3, 0.4) is 0 Å². The Morgan fingerprint density at radius 2 is 1.84 bits per heavy atom. The largest absolute Gasteiger partial charge is 0.405 e. The number of halogens is 3. The highest BCUT2D eigenvalue weighted by Crippen LogP contribution is 2.25. The maximum absolute atomic E-state index is 12.6. The van der Waals surface area contributed by atoms with E-state index in [4.69, 9.17) is 0 Å². The predicted octanol–water partition coefficient (Wildman–Crippen LogP) is 3.57. The minimum Gasteiger partial charge on any atom is -0.363 e. The number of para-hydroxylation sites is 1. The molecule has 0 aliphatic rings. The van der Waals surface area contributed by atoms with E-state index in [1.54, 1.807) is 19.1 Å². The standard InChI is InChI=1S/C14H21F3N2/c1-3-9-18-10-12-7-5-6-8-13(12)19(4-2)11-14(15,16)17/h5-8,18H,3-4,9-11H2,1-2H3. The molecule has 0 saturated heterocycles. The molecular formula is C14H21F3N2. The Morgan fingerprint density at radius 3 is 2.42 bits per heavy atom. The molecular weight excluding hydrogens is 253 g/mol. The van der Waals surface area contributed by atoms with Crippen molar-refractivity contribution in [1.29, 1.82) is 0 Å². The smallest absolute Gasteiger partial charge is 0.363 e. The van der Waals surface area contributed by atoms with Crippen molar-refractivity contribution in [2.45, 2.75) is 33.0 Å². The SMILES string of the molecule is CCCNCc1ccccc1N(CC)CC(F)(F)F. The van der Waals surface area contributed by atoms with Gasteiger partial charge in [0, 0.05) is 18.8 Å². The fourth-order valence-corrected chi connectivity index (χ4v) is 1.95. The van der Waals surface area contributed by atoms with Gasteiger partial charge in [-0.1, -0.05) is 25.1 Å². The summed E-state index contributed by atoms with van der Waals surface area (Å²) in [6.45, 7) is 4.68. The fraction of sp³-hybridized carbons (Fsp3) is 0.571. The van der Waals surface area contributed by atoms with Crippen molar-refractivity contribution in [3.05, 3.63) is 29.8 Å². The molecule has 2 nitrogen and oxygen atoms in total. The predicted molar refractivity (Wildman–Crippen MR) is 72.4 cm³/mol. The van der Waals surface area contributed by atoms with Crippen molar-refractivity contribution in [3.63, 3.8) is 0 Å². The van der Waals surface area contributed by atoms with E-state index in [1.807, 2.05) is 12.1 Å². The number of nitrogens with one attached hydrogen (secondary N) is 1. The Kier molecular flexibility index (Phi) is 6.15. The van der Waals surface area contributed by atoms with Crippen molar-refractivity contribution in [2.24, 2.45) is 0 Å². The minimum atomic E-state index is -4.18. The van der Waals surface area contributed by atoms with E-state index in [-0.39, 0.29) is 0 Å². The molecule has 1 rings (SSSR count). The number of benzene rings is 1. The third-order valence-electron chi connectivity index (χ3n) is 2.83. The molecule has 0 saturated carbocycles. The zero-order valence-corrected chi connectivity index (χ0v) is 11.4. The average Bonchev–Trinajstić information content (AvgIpc) is 2.36. The summed E-state index contributed by atoms with van der Waals surface area (Å²) in [5, 5.41) is 3.23. The number of nitrogens with zero attached hydrogens (tertiary/aromatic N) is 1. The molecule has 0 heterocycles. The molecule has 5 heteroatoms. The van der Waals surface area contributed by atoms with Crippen LogP contribution in [0.25, 0.3) is 0 Å². The van der Waals surface area contributed by atoms with Gasteiger partial charge in [0.1, 0.15) is 6.54 Å². The van der Waals surface area contributed by atoms with Gasteiger partial charge in [-0.25, -0.2) is 0 Å². The number of rotatable bonds is 7. The first-order chi connectivity index (χ1) is 8.98. The van der Waals surface area contributed by atoms with Crippen LogP contribution in [0, 0.1) is 0 Å². The summed E-state index contributed by atoms with van der Waals surface area (Å²) in [7, 11) is 0. The van der Waals surface area contributed by atoms with Gasteiger partial charge in [0.25, 0.3) is 0 Å². The summed E-state index contributed by atoms with van der Waals surface area (Å²) < 4.78 is 37.7. The molecule has 1 aromatic carbocycles. The molecule has 19 heavy (non-hydrogen) atoms. The zero-order chi connectivity index (χ0) is 14.3. The molecule has 1 N–H and O–H groups in total. The zero-order valence-electron chi connectivity index (χ0n) is 11.4. The fourth-order valence-electron chi connectivity index (χ4n) is 1.95. The Balaban J connectivity index is 2.84. The van der Waals surface area contributed by atoms with Gasteiger partial charge in [0.15, 0.2) is 0 Å². The average molecular weight is 274 g/mol. The Bertz CT molecular complexity index is 377. The van der Waals surface area contributed by atoms with Gasteiger partial charge in [-0.15, -0.1) is 0 Å². The summed E-state index contributed by atoms with van der Waals surface area (Å²) in [5.74, 6) is 0. The molecule has 0 aromatic heterocycles. The highest BCUT2D eigenvalue weighted by molar-refractivity contribution is 5.53. The molecule has 0 fully saturated rings. The summed E-state index contributed by atoms with van der Waals surface area (Å²) >= 11 is 0. The maximum Gasteiger partial charge on any atom is 0.405 e. The summed E-state index contributed by atoms with van der Waals surface area (Å²) in [5.41, 5.74) is 1.56. The third-order valence-corrected chi connectivity index (χ3v) is 2.83. The van der Waals surface area contributed by atoms with Crippen LogP contribution in [0.4, 0.5) is 18.9 Å². The van der Waals surface area contributed by atoms with Crippen molar-refractivity contribution in [3.8, 4) is 0 Å². The molecule has 1 aromatic rings. The first-order valence-corrected chi connectivity index (χ1v) is 6.58. The lowest BCUT2D eigenvalue weighted by molar-refractivity contribution is -0.119. The Morgan fingerprint density at radius 1 is 1.16 bits per heavy atom. The van der Waals surface area contributed by atoms with Gasteiger partial charge in [0.05, 0.1) is 0 Å². The van der Waals surface area contributed by atoms with Crippen LogP contribution >= 0.6 is 0 Å². The topological polar surface area (TPSA) is 15.3 Å². The number of anilines is 1. The van der Waals surface area contributed by atoms with Gasteiger partial charge in [-0.05, 0) is 31.5 Å². The first-order valence-electron chi connectivity index (χ1n) is 6.58. The maximum atomic E-state index is 12.6. The van der Waals surface area contributed by atoms with E-state index in [1.165, 1.54) is 4.90 Å². The monoisotopic (exact) mass is 274 g/mol. The summed E-state index contributed by atoms with van der Waals surface area (Å²) in [6.07, 6.45) is -3.18. The molecule has 0 aliphatic heterocycles. The Hall–Kier alpha value is -1.23. The van der Waals surface area contributed by atoms with E-state index in [0.29, 0.717) is 18.8 Å².